The Balaban J connectivity index is 1.65. The van der Waals surface area contributed by atoms with Gasteiger partial charge in [-0.15, -0.1) is 21.5 Å². The van der Waals surface area contributed by atoms with E-state index in [0.717, 1.165) is 16.3 Å². The molecule has 32 heavy (non-hydrogen) atoms. The molecule has 4 rings (SSSR count). The molecule has 1 atom stereocenters. The Kier molecular flexibility index (Phi) is 6.83. The van der Waals surface area contributed by atoms with Crippen LogP contribution in [0.1, 0.15) is 18.5 Å². The van der Waals surface area contributed by atoms with Crippen LogP contribution in [0.15, 0.2) is 58.2 Å². The molecule has 1 unspecified atom stereocenters. The number of nitrogens with one attached hydrogen (secondary N) is 2. The first kappa shape index (κ1) is 22.4. The van der Waals surface area contributed by atoms with Crippen LogP contribution < -0.4 is 10.6 Å². The van der Waals surface area contributed by atoms with Gasteiger partial charge in [0.2, 0.25) is 0 Å². The number of nitrogens with zero attached hydrogens (tertiary/aromatic N) is 3. The third-order valence-corrected chi connectivity index (χ3v) is 6.94. The van der Waals surface area contributed by atoms with Crippen molar-refractivity contribution in [2.75, 3.05) is 12.4 Å². The summed E-state index contributed by atoms with van der Waals surface area (Å²) in [5, 5.41) is 17.3. The number of thiophene rings is 1. The molecule has 0 fully saturated rings. The van der Waals surface area contributed by atoms with Crippen LogP contribution >= 0.6 is 34.7 Å². The van der Waals surface area contributed by atoms with Crippen molar-refractivity contribution in [1.29, 1.82) is 0 Å². The molecule has 3 aromatic rings. The van der Waals surface area contributed by atoms with Gasteiger partial charge in [0.05, 0.1) is 23.1 Å². The third kappa shape index (κ3) is 4.67. The van der Waals surface area contributed by atoms with E-state index in [1.165, 1.54) is 11.8 Å². The van der Waals surface area contributed by atoms with E-state index >= 15 is 0 Å². The summed E-state index contributed by atoms with van der Waals surface area (Å²) < 4.78 is 7.19. The van der Waals surface area contributed by atoms with Gasteiger partial charge >= 0.3 is 12.0 Å². The quantitative estimate of drug-likeness (QED) is 0.382. The number of rotatable bonds is 7. The van der Waals surface area contributed by atoms with E-state index in [1.807, 2.05) is 29.1 Å². The van der Waals surface area contributed by atoms with Crippen LogP contribution in [0.3, 0.4) is 0 Å². The fraction of sp³-hybridized carbons (Fsp3) is 0.238. The first-order chi connectivity index (χ1) is 15.5. The van der Waals surface area contributed by atoms with E-state index in [1.54, 1.807) is 42.5 Å². The summed E-state index contributed by atoms with van der Waals surface area (Å²) in [5.41, 5.74) is 1.55. The molecule has 0 saturated heterocycles. The number of benzene rings is 1. The number of aromatic nitrogens is 3. The minimum absolute atomic E-state index is 0.220. The molecule has 1 aliphatic heterocycles. The first-order valence-corrected chi connectivity index (χ1v) is 12.0. The van der Waals surface area contributed by atoms with Gasteiger partial charge in [0.1, 0.15) is 0 Å². The number of hydrogen-bond acceptors (Lipinski definition) is 7. The molecule has 166 valence electrons. The number of hydrogen-bond donors (Lipinski definition) is 2. The van der Waals surface area contributed by atoms with E-state index in [-0.39, 0.29) is 6.61 Å². The van der Waals surface area contributed by atoms with Gasteiger partial charge in [-0.2, -0.15) is 0 Å². The molecule has 0 spiro atoms. The maximum Gasteiger partial charge on any atom is 0.338 e. The first-order valence-electron chi connectivity index (χ1n) is 9.77. The van der Waals surface area contributed by atoms with Crippen molar-refractivity contribution in [2.24, 2.45) is 7.05 Å². The second-order valence-corrected chi connectivity index (χ2v) is 9.15. The second kappa shape index (κ2) is 9.76. The van der Waals surface area contributed by atoms with Crippen molar-refractivity contribution in [3.63, 3.8) is 0 Å². The lowest BCUT2D eigenvalue weighted by molar-refractivity contribution is -0.139. The Labute approximate surface area is 198 Å². The van der Waals surface area contributed by atoms with Crippen molar-refractivity contribution < 1.29 is 14.3 Å². The molecule has 11 heteroatoms. The highest BCUT2D eigenvalue weighted by molar-refractivity contribution is 7.99. The summed E-state index contributed by atoms with van der Waals surface area (Å²) >= 11 is 8.96. The Morgan fingerprint density at radius 1 is 1.28 bits per heavy atom. The number of halogens is 1. The van der Waals surface area contributed by atoms with Gasteiger partial charge in [-0.3, -0.25) is 0 Å². The van der Waals surface area contributed by atoms with Crippen LogP contribution in [0.5, 0.6) is 0 Å². The maximum absolute atomic E-state index is 12.9. The van der Waals surface area contributed by atoms with Gasteiger partial charge in [-0.05, 0) is 36.1 Å². The van der Waals surface area contributed by atoms with Crippen LogP contribution in [-0.2, 0) is 16.6 Å². The van der Waals surface area contributed by atoms with Gasteiger partial charge in [0.15, 0.2) is 11.0 Å². The molecule has 2 amide bonds. The zero-order valence-corrected chi connectivity index (χ0v) is 19.7. The Bertz CT molecular complexity index is 1160. The summed E-state index contributed by atoms with van der Waals surface area (Å²) in [6, 6.07) is 9.87. The van der Waals surface area contributed by atoms with Gasteiger partial charge in [-0.25, -0.2) is 9.59 Å². The highest BCUT2D eigenvalue weighted by Crippen LogP contribution is 2.32. The summed E-state index contributed by atoms with van der Waals surface area (Å²) in [6.07, 6.45) is 0. The van der Waals surface area contributed by atoms with Gasteiger partial charge in [-0.1, -0.05) is 41.6 Å². The predicted octanol–water partition coefficient (Wildman–Crippen LogP) is 4.16. The Morgan fingerprint density at radius 2 is 2.06 bits per heavy atom. The average molecular weight is 490 g/mol. The molecule has 0 aliphatic carbocycles. The standard InChI is InChI=1S/C21H20ClN5O3S2/c1-3-30-19(28)16-14(23-20(29)24-17(16)12-6-8-13(22)9-7-12)11-32-21-26-25-18(27(21)2)15-5-4-10-31-15/h4-10,17H,3,11H2,1-2H3,(H2,23,24,29). The summed E-state index contributed by atoms with van der Waals surface area (Å²) in [4.78, 5) is 26.3. The third-order valence-electron chi connectivity index (χ3n) is 4.77. The SMILES string of the molecule is CCOC(=O)C1=C(CSc2nnc(-c3cccs3)n2C)NC(=O)NC1c1ccc(Cl)cc1. The van der Waals surface area contributed by atoms with Crippen LogP contribution in [-0.4, -0.2) is 39.1 Å². The van der Waals surface area contributed by atoms with Crippen molar-refractivity contribution >= 4 is 46.7 Å². The summed E-state index contributed by atoms with van der Waals surface area (Å²) in [5.74, 6) is 0.575. The van der Waals surface area contributed by atoms with E-state index in [9.17, 15) is 9.59 Å². The highest BCUT2D eigenvalue weighted by Gasteiger charge is 2.34. The van der Waals surface area contributed by atoms with E-state index in [0.29, 0.717) is 27.2 Å². The number of carbonyl (C=O) groups excluding carboxylic acids is 2. The van der Waals surface area contributed by atoms with Crippen molar-refractivity contribution in [3.05, 3.63) is 63.6 Å². The number of ether oxygens (including phenoxy) is 1. The number of thioether (sulfide) groups is 1. The minimum Gasteiger partial charge on any atom is -0.463 e. The van der Waals surface area contributed by atoms with Gasteiger partial charge in [0, 0.05) is 23.5 Å². The lowest BCUT2D eigenvalue weighted by Gasteiger charge is -2.29. The van der Waals surface area contributed by atoms with Gasteiger partial charge < -0.3 is 19.9 Å². The van der Waals surface area contributed by atoms with Crippen LogP contribution in [0.4, 0.5) is 4.79 Å². The van der Waals surface area contributed by atoms with Gasteiger partial charge in [0.25, 0.3) is 0 Å². The largest absolute Gasteiger partial charge is 0.463 e. The molecule has 0 radical (unpaired) electrons. The molecular formula is C21H20ClN5O3S2. The molecule has 2 N–H and O–H groups in total. The molecule has 0 bridgehead atoms. The minimum atomic E-state index is -0.656. The molecule has 0 saturated carbocycles. The molecular weight excluding hydrogens is 470 g/mol. The summed E-state index contributed by atoms with van der Waals surface area (Å²) in [6.45, 7) is 1.96. The smallest absolute Gasteiger partial charge is 0.338 e. The fourth-order valence-corrected chi connectivity index (χ4v) is 5.03. The number of esters is 1. The highest BCUT2D eigenvalue weighted by atomic mass is 35.5. The van der Waals surface area contributed by atoms with Crippen molar-refractivity contribution in [2.45, 2.75) is 18.1 Å². The van der Waals surface area contributed by atoms with Crippen molar-refractivity contribution in [3.8, 4) is 10.7 Å². The van der Waals surface area contributed by atoms with Crippen LogP contribution in [0.25, 0.3) is 10.7 Å². The number of amides is 2. The van der Waals surface area contributed by atoms with Crippen LogP contribution in [0, 0.1) is 0 Å². The average Bonchev–Trinajstić information content (AvgIpc) is 3.42. The number of carbonyl (C=O) groups is 2. The van der Waals surface area contributed by atoms with E-state index < -0.39 is 18.0 Å². The molecule has 1 aliphatic rings. The maximum atomic E-state index is 12.9. The number of urea groups is 1. The zero-order valence-electron chi connectivity index (χ0n) is 17.3. The van der Waals surface area contributed by atoms with E-state index in [4.69, 9.17) is 16.3 Å². The molecule has 1 aromatic carbocycles. The lowest BCUT2D eigenvalue weighted by Crippen LogP contribution is -2.46. The second-order valence-electron chi connectivity index (χ2n) is 6.83. The zero-order chi connectivity index (χ0) is 22.7. The monoisotopic (exact) mass is 489 g/mol. The molecule has 3 heterocycles. The normalized spacial score (nSPS) is 16.0. The predicted molar refractivity (Wildman–Crippen MR) is 125 cm³/mol. The molecule has 8 nitrogen and oxygen atoms in total. The Hall–Kier alpha value is -2.82. The van der Waals surface area contributed by atoms with E-state index in [2.05, 4.69) is 20.8 Å². The molecule has 2 aromatic heterocycles. The Morgan fingerprint density at radius 3 is 2.75 bits per heavy atom. The van der Waals surface area contributed by atoms with Crippen LogP contribution in [0.2, 0.25) is 5.02 Å². The lowest BCUT2D eigenvalue weighted by atomic mass is 9.95. The summed E-state index contributed by atoms with van der Waals surface area (Å²) in [7, 11) is 1.88. The van der Waals surface area contributed by atoms with Crippen molar-refractivity contribution in [1.82, 2.24) is 25.4 Å². The fourth-order valence-electron chi connectivity index (χ4n) is 3.28. The topological polar surface area (TPSA) is 98.1 Å².